The molecule has 1 aromatic heterocycles. The third kappa shape index (κ3) is 6.69. The molecule has 2 amide bonds. The van der Waals surface area contributed by atoms with E-state index in [0.29, 0.717) is 11.4 Å². The Morgan fingerprint density at radius 1 is 1.21 bits per heavy atom. The molecule has 0 aliphatic carbocycles. The third-order valence-corrected chi connectivity index (χ3v) is 7.85. The normalized spacial score (nSPS) is 16.8. The Balaban J connectivity index is 1.54. The number of rotatable bonds is 8. The van der Waals surface area contributed by atoms with Crippen molar-refractivity contribution in [2.45, 2.75) is 50.8 Å². The molecule has 3 aromatic rings. The number of morpholine rings is 1. The van der Waals surface area contributed by atoms with E-state index in [-0.39, 0.29) is 48.5 Å². The molecule has 0 bridgehead atoms. The number of nitrogens with one attached hydrogen (secondary N) is 1. The summed E-state index contributed by atoms with van der Waals surface area (Å²) in [6.07, 6.45) is -1.13. The summed E-state index contributed by atoms with van der Waals surface area (Å²) in [5.41, 5.74) is 1.66. The maximum absolute atomic E-state index is 13.2. The lowest BCUT2D eigenvalue weighted by molar-refractivity contribution is -0.790. The van der Waals surface area contributed by atoms with Crippen molar-refractivity contribution in [1.82, 2.24) is 10.2 Å². The third-order valence-electron chi connectivity index (χ3n) is 5.86. The number of ether oxygens (including phenoxy) is 1. The number of aryl methyl sites for hydroxylation is 1. The standard InChI is InChI=1S/C25H28IN5O6S/c1-16(2)31-21(24(37-29-31)28-38(34,35)20-10-4-17(3)5-11-20)15-30-12-13-36-22(25(30)33)14-23(32)27-19-8-6-18(26)7-9-19/h4-11,16,22H,12-15H2,1-3H3,(H,27,32)/b28-24-. The van der Waals surface area contributed by atoms with Crippen molar-refractivity contribution in [1.29, 1.82) is 0 Å². The van der Waals surface area contributed by atoms with E-state index < -0.39 is 22.0 Å². The van der Waals surface area contributed by atoms with Gasteiger partial charge in [0.15, 0.2) is 0 Å². The Morgan fingerprint density at radius 3 is 2.55 bits per heavy atom. The van der Waals surface area contributed by atoms with E-state index >= 15 is 0 Å². The molecule has 0 radical (unpaired) electrons. The predicted octanol–water partition coefficient (Wildman–Crippen LogP) is 2.06. The first-order chi connectivity index (χ1) is 18.0. The van der Waals surface area contributed by atoms with Crippen LogP contribution in [0.2, 0.25) is 0 Å². The number of hydrogen-bond acceptors (Lipinski definition) is 6. The number of nitrogens with zero attached hydrogens (tertiary/aromatic N) is 4. The van der Waals surface area contributed by atoms with Crippen molar-refractivity contribution in [2.24, 2.45) is 4.40 Å². The lowest BCUT2D eigenvalue weighted by Gasteiger charge is -2.31. The van der Waals surface area contributed by atoms with Crippen LogP contribution in [-0.4, -0.2) is 44.4 Å². The van der Waals surface area contributed by atoms with Crippen LogP contribution in [-0.2, 0) is 30.9 Å². The molecule has 2 heterocycles. The highest BCUT2D eigenvalue weighted by molar-refractivity contribution is 14.1. The molecule has 13 heteroatoms. The van der Waals surface area contributed by atoms with E-state index in [2.05, 4.69) is 37.6 Å². The summed E-state index contributed by atoms with van der Waals surface area (Å²) in [7, 11) is -4.08. The van der Waals surface area contributed by atoms with Crippen LogP contribution in [0, 0.1) is 10.5 Å². The number of amides is 2. The van der Waals surface area contributed by atoms with Crippen LogP contribution < -0.4 is 20.8 Å². The van der Waals surface area contributed by atoms with Crippen molar-refractivity contribution < 1.29 is 31.9 Å². The molecule has 202 valence electrons. The highest BCUT2D eigenvalue weighted by Crippen LogP contribution is 2.16. The van der Waals surface area contributed by atoms with Crippen LogP contribution in [0.25, 0.3) is 0 Å². The van der Waals surface area contributed by atoms with Crippen LogP contribution in [0.5, 0.6) is 0 Å². The van der Waals surface area contributed by atoms with Crippen molar-refractivity contribution >= 4 is 50.1 Å². The largest absolute Gasteiger partial charge is 0.486 e. The van der Waals surface area contributed by atoms with Crippen LogP contribution in [0.3, 0.4) is 0 Å². The summed E-state index contributed by atoms with van der Waals surface area (Å²) in [5.74, 6) is -0.744. The fourth-order valence-corrected chi connectivity index (χ4v) is 5.16. The second-order valence-corrected chi connectivity index (χ2v) is 12.0. The van der Waals surface area contributed by atoms with Gasteiger partial charge in [0.05, 0.1) is 17.9 Å². The maximum Gasteiger partial charge on any atom is 0.289 e. The molecular formula is C25H28IN5O6S. The van der Waals surface area contributed by atoms with Crippen molar-refractivity contribution in [3.8, 4) is 0 Å². The minimum atomic E-state index is -4.08. The molecule has 1 aliphatic rings. The van der Waals surface area contributed by atoms with Crippen LogP contribution in [0.1, 0.15) is 37.6 Å². The number of halogens is 1. The zero-order valence-corrected chi connectivity index (χ0v) is 24.1. The summed E-state index contributed by atoms with van der Waals surface area (Å²) in [6.45, 7) is 6.01. The van der Waals surface area contributed by atoms with Gasteiger partial charge in [-0.15, -0.1) is 4.40 Å². The summed E-state index contributed by atoms with van der Waals surface area (Å²) in [6, 6.07) is 13.4. The smallest absolute Gasteiger partial charge is 0.289 e. The van der Waals surface area contributed by atoms with Gasteiger partial charge >= 0.3 is 0 Å². The molecule has 1 atom stereocenters. The Kier molecular flexibility index (Phi) is 8.67. The molecule has 4 rings (SSSR count). The first kappa shape index (κ1) is 28.0. The average Bonchev–Trinajstić information content (AvgIpc) is 3.25. The molecule has 0 spiro atoms. The molecular weight excluding hydrogens is 625 g/mol. The van der Waals surface area contributed by atoms with E-state index in [1.165, 1.54) is 21.7 Å². The van der Waals surface area contributed by atoms with E-state index in [0.717, 1.165) is 9.13 Å². The highest BCUT2D eigenvalue weighted by atomic mass is 127. The Labute approximate surface area is 234 Å². The minimum absolute atomic E-state index is 0.0125. The number of carbonyl (C=O) groups is 2. The van der Waals surface area contributed by atoms with Gasteiger partial charge in [-0.05, 0) is 79.8 Å². The van der Waals surface area contributed by atoms with E-state index in [4.69, 9.17) is 9.26 Å². The van der Waals surface area contributed by atoms with E-state index in [1.54, 1.807) is 24.3 Å². The zero-order valence-electron chi connectivity index (χ0n) is 21.1. The fourth-order valence-electron chi connectivity index (χ4n) is 3.86. The summed E-state index contributed by atoms with van der Waals surface area (Å²) in [5, 5.41) is 6.74. The Morgan fingerprint density at radius 2 is 1.89 bits per heavy atom. The van der Waals surface area contributed by atoms with Gasteiger partial charge in [-0.3, -0.25) is 14.9 Å². The SMILES string of the molecule is Cc1ccc(S(=O)(=O)/N=c2\o[n-][n+](C(C)C)c2CN2CCOC(CC(=O)Nc3ccc(I)cc3)C2=O)cc1. The second-order valence-electron chi connectivity index (χ2n) is 9.12. The van der Waals surface area contributed by atoms with Crippen LogP contribution in [0.4, 0.5) is 5.69 Å². The van der Waals surface area contributed by atoms with E-state index in [9.17, 15) is 18.0 Å². The molecule has 1 fully saturated rings. The van der Waals surface area contributed by atoms with Crippen molar-refractivity contribution in [2.75, 3.05) is 18.5 Å². The molecule has 11 nitrogen and oxygen atoms in total. The quantitative estimate of drug-likeness (QED) is 0.291. The highest BCUT2D eigenvalue weighted by Gasteiger charge is 2.34. The lowest BCUT2D eigenvalue weighted by atomic mass is 10.1. The topological polar surface area (TPSA) is 136 Å². The molecule has 1 aliphatic heterocycles. The number of aromatic nitrogens is 2. The maximum atomic E-state index is 13.2. The number of anilines is 1. The molecule has 1 saturated heterocycles. The first-order valence-corrected chi connectivity index (χ1v) is 14.5. The summed E-state index contributed by atoms with van der Waals surface area (Å²) < 4.78 is 43.2. The van der Waals surface area contributed by atoms with Crippen molar-refractivity contribution in [3.63, 3.8) is 0 Å². The zero-order chi connectivity index (χ0) is 27.4. The van der Waals surface area contributed by atoms with Crippen molar-refractivity contribution in [3.05, 3.63) is 68.9 Å². The second kappa shape index (κ2) is 11.8. The average molecular weight is 653 g/mol. The van der Waals surface area contributed by atoms with Gasteiger partial charge in [-0.25, -0.2) is 4.68 Å². The van der Waals surface area contributed by atoms with Crippen LogP contribution in [0.15, 0.2) is 62.3 Å². The predicted molar refractivity (Wildman–Crippen MR) is 144 cm³/mol. The molecule has 1 N–H and O–H groups in total. The van der Waals surface area contributed by atoms with Gasteiger partial charge in [0, 0.05) is 15.8 Å². The molecule has 38 heavy (non-hydrogen) atoms. The number of carbonyl (C=O) groups excluding carboxylic acids is 2. The fraction of sp³-hybridized carbons (Fsp3) is 0.360. The molecule has 1 unspecified atom stereocenters. The van der Waals surface area contributed by atoms with Gasteiger partial charge in [0.2, 0.25) is 5.91 Å². The van der Waals surface area contributed by atoms with Crippen LogP contribution >= 0.6 is 22.6 Å². The summed E-state index contributed by atoms with van der Waals surface area (Å²) in [4.78, 5) is 27.3. The number of benzene rings is 2. The van der Waals surface area contributed by atoms with Gasteiger partial charge in [-0.2, -0.15) is 8.42 Å². The monoisotopic (exact) mass is 653 g/mol. The number of sulfonamides is 1. The Bertz CT molecular complexity index is 1480. The van der Waals surface area contributed by atoms with Gasteiger partial charge in [-0.1, -0.05) is 17.7 Å². The van der Waals surface area contributed by atoms with Gasteiger partial charge < -0.3 is 19.5 Å². The van der Waals surface area contributed by atoms with Gasteiger partial charge in [0.1, 0.15) is 18.7 Å². The van der Waals surface area contributed by atoms with E-state index in [1.807, 2.05) is 32.9 Å². The molecule has 2 aromatic carbocycles. The first-order valence-electron chi connectivity index (χ1n) is 11.9. The Hall–Kier alpha value is -3.04. The minimum Gasteiger partial charge on any atom is -0.486 e. The van der Waals surface area contributed by atoms with Gasteiger partial charge in [0.25, 0.3) is 27.2 Å². The summed E-state index contributed by atoms with van der Waals surface area (Å²) >= 11 is 2.17. The number of hydrogen-bond donors (Lipinski definition) is 1. The molecule has 0 saturated carbocycles. The lowest BCUT2D eigenvalue weighted by Crippen LogP contribution is -2.52.